The Balaban J connectivity index is 1.55. The van der Waals surface area contributed by atoms with Crippen LogP contribution in [0.25, 0.3) is 0 Å². The normalized spacial score (nSPS) is 25.1. The van der Waals surface area contributed by atoms with Crippen LogP contribution in [0.5, 0.6) is 5.75 Å². The van der Waals surface area contributed by atoms with Crippen molar-refractivity contribution in [2.75, 3.05) is 6.61 Å². The highest BCUT2D eigenvalue weighted by molar-refractivity contribution is 7.92. The predicted octanol–water partition coefficient (Wildman–Crippen LogP) is 7.59. The molecular formula is C24H32ClNO3S4. The van der Waals surface area contributed by atoms with E-state index in [9.17, 15) is 0 Å². The van der Waals surface area contributed by atoms with Gasteiger partial charge in [-0.3, -0.25) is 0 Å². The third-order valence-electron chi connectivity index (χ3n) is 5.98. The van der Waals surface area contributed by atoms with Crippen molar-refractivity contribution in [3.05, 3.63) is 49.8 Å². The zero-order valence-corrected chi connectivity index (χ0v) is 23.2. The smallest absolute Gasteiger partial charge is 0.166 e. The second-order valence-electron chi connectivity index (χ2n) is 8.49. The highest BCUT2D eigenvalue weighted by Gasteiger charge is 2.34. The molecule has 1 heterocycles. The molecule has 0 radical (unpaired) electrons. The summed E-state index contributed by atoms with van der Waals surface area (Å²) in [6.07, 6.45) is 6.03. The molecule has 0 N–H and O–H groups in total. The molecule has 182 valence electrons. The van der Waals surface area contributed by atoms with Crippen LogP contribution >= 0.6 is 62.1 Å². The fourth-order valence-electron chi connectivity index (χ4n) is 4.30. The molecule has 1 aromatic rings. The maximum Gasteiger partial charge on any atom is 0.166 e. The van der Waals surface area contributed by atoms with Gasteiger partial charge in [-0.25, -0.2) is 0 Å². The maximum absolute atomic E-state index is 5.93. The van der Waals surface area contributed by atoms with Gasteiger partial charge in [0.25, 0.3) is 0 Å². The van der Waals surface area contributed by atoms with Crippen molar-refractivity contribution in [3.8, 4) is 5.75 Å². The van der Waals surface area contributed by atoms with Crippen LogP contribution in [0.3, 0.4) is 0 Å². The van der Waals surface area contributed by atoms with Crippen molar-refractivity contribution >= 4 is 67.8 Å². The summed E-state index contributed by atoms with van der Waals surface area (Å²) in [6, 6.07) is 7.33. The highest BCUT2D eigenvalue weighted by Crippen LogP contribution is 2.45. The molecule has 0 amide bonds. The first kappa shape index (κ1) is 27.1. The number of hydrogen-bond donors (Lipinski definition) is 4. The van der Waals surface area contributed by atoms with Gasteiger partial charge < -0.3 is 14.3 Å². The Morgan fingerprint density at radius 3 is 2.42 bits per heavy atom. The van der Waals surface area contributed by atoms with Crippen LogP contribution in [0.15, 0.2) is 49.9 Å². The van der Waals surface area contributed by atoms with Gasteiger partial charge >= 0.3 is 0 Å². The second kappa shape index (κ2) is 13.0. The number of nitrogens with zero attached hydrogens (tertiary/aromatic N) is 1. The van der Waals surface area contributed by atoms with Crippen LogP contribution in [0.2, 0.25) is 5.02 Å². The van der Waals surface area contributed by atoms with Gasteiger partial charge in [-0.05, 0) is 74.8 Å². The minimum Gasteiger partial charge on any atom is -0.487 e. The van der Waals surface area contributed by atoms with E-state index in [0.29, 0.717) is 33.5 Å². The summed E-state index contributed by atoms with van der Waals surface area (Å²) in [4.78, 5) is 7.25. The molecule has 0 aromatic heterocycles. The molecule has 2 aliphatic rings. The van der Waals surface area contributed by atoms with Crippen LogP contribution < -0.4 is 4.74 Å². The number of benzene rings is 1. The van der Waals surface area contributed by atoms with Crippen LogP contribution in [0.1, 0.15) is 52.4 Å². The summed E-state index contributed by atoms with van der Waals surface area (Å²) in [5.41, 5.74) is 1.93. The largest absolute Gasteiger partial charge is 0.487 e. The monoisotopic (exact) mass is 545 g/mol. The van der Waals surface area contributed by atoms with Gasteiger partial charge in [0.05, 0.1) is 10.6 Å². The summed E-state index contributed by atoms with van der Waals surface area (Å²) < 4.78 is 11.6. The molecule has 1 aromatic carbocycles. The summed E-state index contributed by atoms with van der Waals surface area (Å²) in [5.74, 6) is 1.56. The van der Waals surface area contributed by atoms with Gasteiger partial charge in [0.1, 0.15) is 11.9 Å². The van der Waals surface area contributed by atoms with E-state index in [1.165, 1.54) is 0 Å². The molecule has 0 bridgehead atoms. The lowest BCUT2D eigenvalue weighted by molar-refractivity contribution is 0.0613. The average Bonchev–Trinajstić information content (AvgIpc) is 2.79. The van der Waals surface area contributed by atoms with Crippen molar-refractivity contribution in [3.63, 3.8) is 0 Å². The summed E-state index contributed by atoms with van der Waals surface area (Å²) in [7, 11) is 0. The lowest BCUT2D eigenvalue weighted by atomic mass is 9.76. The third-order valence-corrected chi connectivity index (χ3v) is 8.20. The van der Waals surface area contributed by atoms with Gasteiger partial charge in [-0.15, -0.1) is 50.5 Å². The number of thiol groups is 4. The Bertz CT molecular complexity index is 895. The summed E-state index contributed by atoms with van der Waals surface area (Å²) in [5, 5.41) is 5.70. The van der Waals surface area contributed by atoms with E-state index in [0.717, 1.165) is 60.5 Å². The van der Waals surface area contributed by atoms with E-state index >= 15 is 0 Å². The molecule has 1 aliphatic heterocycles. The molecule has 1 saturated carbocycles. The zero-order chi connectivity index (χ0) is 24.0. The van der Waals surface area contributed by atoms with E-state index in [4.69, 9.17) is 25.9 Å². The van der Waals surface area contributed by atoms with Crippen LogP contribution in [-0.4, -0.2) is 23.9 Å². The first-order valence-electron chi connectivity index (χ1n) is 11.3. The van der Waals surface area contributed by atoms with E-state index < -0.39 is 0 Å². The lowest BCUT2D eigenvalue weighted by Crippen LogP contribution is -2.28. The minimum atomic E-state index is -0.323. The molecule has 0 saturated heterocycles. The molecule has 1 fully saturated rings. The fourth-order valence-corrected chi connectivity index (χ4v) is 5.94. The van der Waals surface area contributed by atoms with Crippen molar-refractivity contribution in [1.29, 1.82) is 0 Å². The number of ether oxygens (including phenoxy) is 2. The van der Waals surface area contributed by atoms with Gasteiger partial charge in [-0.1, -0.05) is 30.1 Å². The summed E-state index contributed by atoms with van der Waals surface area (Å²) >= 11 is 24.1. The molecule has 3 rings (SSSR count). The van der Waals surface area contributed by atoms with Crippen molar-refractivity contribution < 1.29 is 14.3 Å². The SMILES string of the molecule is CCCC(=NOCC(C)Oc1ccc(Cl)cc1)C1CCC(C2=C(S)C(S)=C(S)OC2S)CC1. The maximum atomic E-state index is 5.93. The zero-order valence-electron chi connectivity index (χ0n) is 18.9. The average molecular weight is 546 g/mol. The topological polar surface area (TPSA) is 40.0 Å². The van der Waals surface area contributed by atoms with Crippen molar-refractivity contribution in [1.82, 2.24) is 0 Å². The Morgan fingerprint density at radius 2 is 1.79 bits per heavy atom. The first-order valence-corrected chi connectivity index (χ1v) is 13.5. The lowest BCUT2D eigenvalue weighted by Gasteiger charge is -2.35. The quantitative estimate of drug-likeness (QED) is 0.147. The number of oxime groups is 1. The highest BCUT2D eigenvalue weighted by atomic mass is 35.5. The summed E-state index contributed by atoms with van der Waals surface area (Å²) in [6.45, 7) is 4.53. The molecular weight excluding hydrogens is 514 g/mol. The minimum absolute atomic E-state index is 0.117. The van der Waals surface area contributed by atoms with Crippen LogP contribution in [0.4, 0.5) is 0 Å². The van der Waals surface area contributed by atoms with Gasteiger partial charge in [0, 0.05) is 15.8 Å². The molecule has 0 spiro atoms. The fraction of sp³-hybridized carbons (Fsp3) is 0.542. The third kappa shape index (κ3) is 7.47. The second-order valence-corrected chi connectivity index (χ2v) is 10.7. The molecule has 1 aliphatic carbocycles. The predicted molar refractivity (Wildman–Crippen MR) is 150 cm³/mol. The van der Waals surface area contributed by atoms with Gasteiger partial charge in [0.15, 0.2) is 17.1 Å². The Hall–Kier alpha value is -0.540. The van der Waals surface area contributed by atoms with E-state index in [1.807, 2.05) is 31.2 Å². The van der Waals surface area contributed by atoms with Crippen molar-refractivity contribution in [2.45, 2.75) is 63.9 Å². The van der Waals surface area contributed by atoms with Gasteiger partial charge in [-0.2, -0.15) is 0 Å². The standard InChI is InChI=1S/C24H32ClNO3S4/c1-3-4-19(26-27-13-14(2)28-18-11-9-17(25)10-12-18)15-5-7-16(8-6-15)20-21(30)22(31)24(33)29-23(20)32/h9-12,14-16,23,30-33H,3-8,13H2,1-2H3. The molecule has 4 nitrogen and oxygen atoms in total. The Kier molecular flexibility index (Phi) is 10.6. The van der Waals surface area contributed by atoms with E-state index in [-0.39, 0.29) is 11.5 Å². The number of rotatable bonds is 9. The molecule has 2 atom stereocenters. The molecule has 2 unspecified atom stereocenters. The van der Waals surface area contributed by atoms with E-state index in [2.05, 4.69) is 62.6 Å². The van der Waals surface area contributed by atoms with E-state index in [1.54, 1.807) is 0 Å². The van der Waals surface area contributed by atoms with Crippen LogP contribution in [-0.2, 0) is 9.57 Å². The molecule has 9 heteroatoms. The molecule has 33 heavy (non-hydrogen) atoms. The Labute approximate surface area is 224 Å². The first-order chi connectivity index (χ1) is 15.8. The van der Waals surface area contributed by atoms with Crippen LogP contribution in [0, 0.1) is 11.8 Å². The number of hydrogen-bond acceptors (Lipinski definition) is 8. The van der Waals surface area contributed by atoms with Crippen molar-refractivity contribution in [2.24, 2.45) is 17.0 Å². The number of halogens is 1. The van der Waals surface area contributed by atoms with Gasteiger partial charge in [0.2, 0.25) is 0 Å². The Morgan fingerprint density at radius 1 is 1.12 bits per heavy atom.